The number of likely N-dealkylation sites (N-methyl/N-ethyl adjacent to an activating group) is 1. The summed E-state index contributed by atoms with van der Waals surface area (Å²) in [6.45, 7) is 0.733. The molecule has 2 heterocycles. The number of hydrogen-bond donors (Lipinski definition) is 1. The lowest BCUT2D eigenvalue weighted by atomic mass is 9.82. The zero-order chi connectivity index (χ0) is 19.1. The van der Waals surface area contributed by atoms with Crippen LogP contribution < -0.4 is 5.73 Å². The second kappa shape index (κ2) is 6.50. The van der Waals surface area contributed by atoms with E-state index in [0.717, 1.165) is 12.1 Å². The van der Waals surface area contributed by atoms with Gasteiger partial charge in [-0.2, -0.15) is 0 Å². The molecule has 3 nitrogen and oxygen atoms in total. The number of fused-ring (bicyclic) bond motifs is 1. The van der Waals surface area contributed by atoms with Gasteiger partial charge in [-0.25, -0.2) is 4.99 Å². The minimum Gasteiger partial charge on any atom is -0.370 e. The maximum absolute atomic E-state index is 6.21. The molecule has 0 aliphatic carbocycles. The van der Waals surface area contributed by atoms with Crippen LogP contribution in [0.5, 0.6) is 0 Å². The summed E-state index contributed by atoms with van der Waals surface area (Å²) in [5, 5.41) is 3.54. The molecule has 1 aliphatic heterocycles. The molecule has 1 unspecified atom stereocenters. The number of thiophene rings is 1. The van der Waals surface area contributed by atoms with Crippen LogP contribution in [0.4, 0.5) is 0 Å². The summed E-state index contributed by atoms with van der Waals surface area (Å²) >= 11 is 1.79. The molecule has 0 fully saturated rings. The Kier molecular flexibility index (Phi) is 3.95. The predicted octanol–water partition coefficient (Wildman–Crippen LogP) is 5.07. The van der Waals surface area contributed by atoms with E-state index in [9.17, 15) is 0 Å². The van der Waals surface area contributed by atoms with E-state index in [2.05, 4.69) is 78.2 Å². The summed E-state index contributed by atoms with van der Waals surface area (Å²) in [6.07, 6.45) is 0. The molecule has 1 aliphatic rings. The van der Waals surface area contributed by atoms with Crippen LogP contribution in [0.1, 0.15) is 11.1 Å². The van der Waals surface area contributed by atoms with Gasteiger partial charge in [0.15, 0.2) is 5.96 Å². The third-order valence-electron chi connectivity index (χ3n) is 5.55. The van der Waals surface area contributed by atoms with Gasteiger partial charge in [0.1, 0.15) is 5.54 Å². The molecular weight excluding hydrogens is 362 g/mol. The van der Waals surface area contributed by atoms with E-state index in [4.69, 9.17) is 10.7 Å². The molecule has 138 valence electrons. The molecule has 4 aromatic rings. The summed E-state index contributed by atoms with van der Waals surface area (Å²) in [5.74, 6) is 0.579. The van der Waals surface area contributed by atoms with Crippen LogP contribution >= 0.6 is 11.3 Å². The lowest BCUT2D eigenvalue weighted by Gasteiger charge is -2.28. The van der Waals surface area contributed by atoms with E-state index in [0.29, 0.717) is 5.96 Å². The van der Waals surface area contributed by atoms with E-state index in [1.807, 2.05) is 18.0 Å². The third kappa shape index (κ3) is 2.60. The lowest BCUT2D eigenvalue weighted by Crippen LogP contribution is -2.34. The summed E-state index contributed by atoms with van der Waals surface area (Å²) in [5.41, 5.74) is 10.5. The van der Waals surface area contributed by atoms with Crippen molar-refractivity contribution in [2.75, 3.05) is 13.6 Å². The molecule has 3 aromatic carbocycles. The van der Waals surface area contributed by atoms with Crippen molar-refractivity contribution >= 4 is 27.4 Å². The lowest BCUT2D eigenvalue weighted by molar-refractivity contribution is 0.432. The van der Waals surface area contributed by atoms with Crippen LogP contribution in [0.15, 0.2) is 89.2 Å². The normalized spacial score (nSPS) is 19.2. The van der Waals surface area contributed by atoms with Crippen LogP contribution in [-0.2, 0) is 5.54 Å². The molecule has 0 saturated heterocycles. The Labute approximate surface area is 168 Å². The maximum atomic E-state index is 6.21. The minimum absolute atomic E-state index is 0.484. The molecule has 28 heavy (non-hydrogen) atoms. The molecule has 1 aromatic heterocycles. The van der Waals surface area contributed by atoms with Gasteiger partial charge >= 0.3 is 0 Å². The summed E-state index contributed by atoms with van der Waals surface area (Å²) in [7, 11) is 2.00. The molecular formula is C24H21N3S. The fourth-order valence-corrected chi connectivity index (χ4v) is 5.05. The van der Waals surface area contributed by atoms with Gasteiger partial charge in [0, 0.05) is 22.7 Å². The van der Waals surface area contributed by atoms with Crippen molar-refractivity contribution in [3.05, 3.63) is 95.4 Å². The zero-order valence-electron chi connectivity index (χ0n) is 15.7. The van der Waals surface area contributed by atoms with Gasteiger partial charge in [-0.3, -0.25) is 0 Å². The molecule has 0 spiro atoms. The Bertz CT molecular complexity index is 1180. The number of hydrogen-bond acceptors (Lipinski definition) is 4. The second-order valence-electron chi connectivity index (χ2n) is 7.28. The Hall–Kier alpha value is -3.11. The highest BCUT2D eigenvalue weighted by atomic mass is 32.1. The SMILES string of the molecule is CN1CC(c2ccccc2)(c2cccc(-c3csc4ccccc34)c2)N=C1N. The monoisotopic (exact) mass is 383 g/mol. The van der Waals surface area contributed by atoms with Crippen LogP contribution in [-0.4, -0.2) is 24.5 Å². The first-order valence-corrected chi connectivity index (χ1v) is 10.2. The van der Waals surface area contributed by atoms with E-state index in [1.165, 1.54) is 26.8 Å². The third-order valence-corrected chi connectivity index (χ3v) is 6.51. The van der Waals surface area contributed by atoms with Crippen molar-refractivity contribution in [3.8, 4) is 11.1 Å². The summed E-state index contributed by atoms with van der Waals surface area (Å²) in [4.78, 5) is 6.98. The molecule has 0 amide bonds. The molecule has 0 bridgehead atoms. The molecule has 2 N–H and O–H groups in total. The van der Waals surface area contributed by atoms with Crippen molar-refractivity contribution in [3.63, 3.8) is 0 Å². The van der Waals surface area contributed by atoms with Gasteiger partial charge in [0.2, 0.25) is 0 Å². The van der Waals surface area contributed by atoms with Crippen molar-refractivity contribution < 1.29 is 0 Å². The highest BCUT2D eigenvalue weighted by Gasteiger charge is 2.40. The molecule has 0 saturated carbocycles. The minimum atomic E-state index is -0.484. The predicted molar refractivity (Wildman–Crippen MR) is 119 cm³/mol. The highest BCUT2D eigenvalue weighted by Crippen LogP contribution is 2.41. The van der Waals surface area contributed by atoms with Gasteiger partial charge < -0.3 is 10.6 Å². The van der Waals surface area contributed by atoms with Crippen molar-refractivity contribution in [1.29, 1.82) is 0 Å². The number of nitrogens with two attached hydrogens (primary N) is 1. The average Bonchev–Trinajstić information content (AvgIpc) is 3.31. The topological polar surface area (TPSA) is 41.6 Å². The Morgan fingerprint density at radius 1 is 0.929 bits per heavy atom. The van der Waals surface area contributed by atoms with Gasteiger partial charge in [-0.15, -0.1) is 11.3 Å². The second-order valence-corrected chi connectivity index (χ2v) is 8.19. The number of rotatable bonds is 3. The quantitative estimate of drug-likeness (QED) is 0.536. The highest BCUT2D eigenvalue weighted by molar-refractivity contribution is 7.17. The van der Waals surface area contributed by atoms with E-state index >= 15 is 0 Å². The Balaban J connectivity index is 1.69. The summed E-state index contributed by atoms with van der Waals surface area (Å²) in [6, 6.07) is 27.8. The number of aliphatic imine (C=N–C) groups is 1. The molecule has 4 heteroatoms. The molecule has 1 atom stereocenters. The smallest absolute Gasteiger partial charge is 0.192 e. The van der Waals surface area contributed by atoms with Crippen molar-refractivity contribution in [2.24, 2.45) is 10.7 Å². The number of nitrogens with zero attached hydrogens (tertiary/aromatic N) is 2. The Morgan fingerprint density at radius 3 is 2.46 bits per heavy atom. The van der Waals surface area contributed by atoms with Crippen LogP contribution in [0.25, 0.3) is 21.2 Å². The van der Waals surface area contributed by atoms with Crippen LogP contribution in [0.2, 0.25) is 0 Å². The van der Waals surface area contributed by atoms with Crippen molar-refractivity contribution in [2.45, 2.75) is 5.54 Å². The zero-order valence-corrected chi connectivity index (χ0v) is 16.5. The first kappa shape index (κ1) is 17.0. The van der Waals surface area contributed by atoms with Crippen LogP contribution in [0, 0.1) is 0 Å². The standard InChI is InChI=1S/C24H21N3S/c1-27-16-24(26-23(27)25,18-9-3-2-4-10-18)19-11-7-8-17(14-19)21-15-28-22-13-6-5-12-20(21)22/h2-15H,16H2,1H3,(H2,25,26). The average molecular weight is 384 g/mol. The Morgan fingerprint density at radius 2 is 1.68 bits per heavy atom. The van der Waals surface area contributed by atoms with Crippen molar-refractivity contribution in [1.82, 2.24) is 4.90 Å². The maximum Gasteiger partial charge on any atom is 0.192 e. The number of benzene rings is 3. The van der Waals surface area contributed by atoms with E-state index in [1.54, 1.807) is 11.3 Å². The first-order chi connectivity index (χ1) is 13.7. The molecule has 0 radical (unpaired) electrons. The fraction of sp³-hybridized carbons (Fsp3) is 0.125. The largest absolute Gasteiger partial charge is 0.370 e. The van der Waals surface area contributed by atoms with Crippen LogP contribution in [0.3, 0.4) is 0 Å². The number of guanidine groups is 1. The van der Waals surface area contributed by atoms with E-state index < -0.39 is 5.54 Å². The summed E-state index contributed by atoms with van der Waals surface area (Å²) < 4.78 is 1.31. The van der Waals surface area contributed by atoms with Gasteiger partial charge in [0.25, 0.3) is 0 Å². The first-order valence-electron chi connectivity index (χ1n) is 9.36. The van der Waals surface area contributed by atoms with Gasteiger partial charge in [-0.1, -0.05) is 66.7 Å². The van der Waals surface area contributed by atoms with E-state index in [-0.39, 0.29) is 0 Å². The fourth-order valence-electron chi connectivity index (χ4n) is 4.08. The molecule has 5 rings (SSSR count). The van der Waals surface area contributed by atoms with Gasteiger partial charge in [0.05, 0.1) is 6.54 Å². The van der Waals surface area contributed by atoms with Gasteiger partial charge in [-0.05, 0) is 34.2 Å².